The summed E-state index contributed by atoms with van der Waals surface area (Å²) in [7, 11) is 0. The smallest absolute Gasteiger partial charge is 0.137 e. The molecule has 0 aliphatic carbocycles. The lowest BCUT2D eigenvalue weighted by atomic mass is 9.92. The number of hydrogen-bond donors (Lipinski definition) is 0. The molecular formula is C116H74N4OS. The van der Waals surface area contributed by atoms with Gasteiger partial charge in [0.1, 0.15) is 11.2 Å². The van der Waals surface area contributed by atoms with Crippen molar-refractivity contribution in [2.75, 3.05) is 9.80 Å². The highest BCUT2D eigenvalue weighted by Crippen LogP contribution is 2.48. The molecule has 24 rings (SSSR count). The summed E-state index contributed by atoms with van der Waals surface area (Å²) in [6, 6.07) is 165. The Kier molecular flexibility index (Phi) is 16.7. The molecule has 0 radical (unpaired) electrons. The molecule has 20 aromatic carbocycles. The second-order valence-electron chi connectivity index (χ2n) is 31.9. The topological polar surface area (TPSA) is 29.5 Å². The van der Waals surface area contributed by atoms with Gasteiger partial charge in [0, 0.05) is 104 Å². The molecule has 0 N–H and O–H groups in total. The maximum Gasteiger partial charge on any atom is 0.137 e. The number of anilines is 6. The van der Waals surface area contributed by atoms with Crippen LogP contribution in [0.4, 0.5) is 34.1 Å². The third-order valence-electron chi connectivity index (χ3n) is 24.9. The predicted octanol–water partition coefficient (Wildman–Crippen LogP) is 33.1. The third kappa shape index (κ3) is 12.1. The van der Waals surface area contributed by atoms with E-state index in [9.17, 15) is 0 Å². The van der Waals surface area contributed by atoms with Gasteiger partial charge in [0.15, 0.2) is 0 Å². The van der Waals surface area contributed by atoms with Gasteiger partial charge in [-0.2, -0.15) is 0 Å². The van der Waals surface area contributed by atoms with Gasteiger partial charge >= 0.3 is 0 Å². The molecular weight excluding hydrogens is 1500 g/mol. The zero-order valence-electron chi connectivity index (χ0n) is 66.3. The summed E-state index contributed by atoms with van der Waals surface area (Å²) >= 11 is 1.85. The van der Waals surface area contributed by atoms with E-state index in [0.717, 1.165) is 129 Å². The highest BCUT2D eigenvalue weighted by molar-refractivity contribution is 7.25. The molecule has 0 spiro atoms. The maximum atomic E-state index is 6.55. The van der Waals surface area contributed by atoms with Gasteiger partial charge < -0.3 is 23.4 Å². The van der Waals surface area contributed by atoms with Crippen molar-refractivity contribution >= 4 is 153 Å². The predicted molar refractivity (Wildman–Crippen MR) is 518 cm³/mol. The van der Waals surface area contributed by atoms with Crippen molar-refractivity contribution in [3.8, 4) is 89.3 Å². The summed E-state index contributed by atoms with van der Waals surface area (Å²) in [5, 5.41) is 14.5. The van der Waals surface area contributed by atoms with Crippen LogP contribution in [0.5, 0.6) is 0 Å². The van der Waals surface area contributed by atoms with Crippen molar-refractivity contribution < 1.29 is 4.42 Å². The highest BCUT2D eigenvalue weighted by atomic mass is 32.1. The second-order valence-corrected chi connectivity index (χ2v) is 33.0. The summed E-state index contributed by atoms with van der Waals surface area (Å²) in [6.45, 7) is 0. The Labute approximate surface area is 709 Å². The van der Waals surface area contributed by atoms with Crippen LogP contribution >= 0.6 is 11.3 Å². The molecule has 122 heavy (non-hydrogen) atoms. The molecule has 6 heteroatoms. The summed E-state index contributed by atoms with van der Waals surface area (Å²) in [5.41, 5.74) is 31.0. The van der Waals surface area contributed by atoms with E-state index in [-0.39, 0.29) is 0 Å². The number of nitrogens with zero attached hydrogens (tertiary/aromatic N) is 4. The summed E-state index contributed by atoms with van der Waals surface area (Å²) < 4.78 is 14.0. The van der Waals surface area contributed by atoms with Crippen molar-refractivity contribution in [1.29, 1.82) is 0 Å². The van der Waals surface area contributed by atoms with Crippen LogP contribution in [0.15, 0.2) is 453 Å². The minimum Gasteiger partial charge on any atom is -0.456 e. The fourth-order valence-electron chi connectivity index (χ4n) is 19.0. The molecule has 0 aliphatic heterocycles. The Morgan fingerprint density at radius 2 is 0.598 bits per heavy atom. The summed E-state index contributed by atoms with van der Waals surface area (Å²) in [4.78, 5) is 4.77. The maximum absolute atomic E-state index is 6.55. The first-order valence-corrected chi connectivity index (χ1v) is 42.5. The molecule has 0 fully saturated rings. The average molecular weight is 1570 g/mol. The average Bonchev–Trinajstić information content (AvgIpc) is 1.57. The van der Waals surface area contributed by atoms with Crippen molar-refractivity contribution in [3.63, 3.8) is 0 Å². The van der Waals surface area contributed by atoms with Crippen LogP contribution in [0.3, 0.4) is 0 Å². The first-order chi connectivity index (χ1) is 60.4. The van der Waals surface area contributed by atoms with Crippen LogP contribution in [-0.2, 0) is 0 Å². The third-order valence-corrected chi connectivity index (χ3v) is 26.0. The molecule has 24 aromatic rings. The van der Waals surface area contributed by atoms with E-state index in [4.69, 9.17) is 4.42 Å². The number of benzene rings is 20. The van der Waals surface area contributed by atoms with Gasteiger partial charge in [0.2, 0.25) is 0 Å². The van der Waals surface area contributed by atoms with Crippen molar-refractivity contribution in [2.45, 2.75) is 0 Å². The molecule has 0 unspecified atom stereocenters. The Hall–Kier alpha value is -15.9. The van der Waals surface area contributed by atoms with Crippen molar-refractivity contribution in [3.05, 3.63) is 449 Å². The quantitative estimate of drug-likeness (QED) is 0.102. The Balaban J connectivity index is 0.586. The zero-order valence-corrected chi connectivity index (χ0v) is 67.1. The van der Waals surface area contributed by atoms with E-state index in [0.29, 0.717) is 0 Å². The van der Waals surface area contributed by atoms with Gasteiger partial charge in [-0.25, -0.2) is 0 Å². The number of thiophene rings is 1. The van der Waals surface area contributed by atoms with Crippen LogP contribution in [0.1, 0.15) is 0 Å². The van der Waals surface area contributed by atoms with Crippen LogP contribution in [0, 0.1) is 0 Å². The van der Waals surface area contributed by atoms with Gasteiger partial charge in [-0.3, -0.25) is 0 Å². The van der Waals surface area contributed by atoms with E-state index >= 15 is 0 Å². The highest BCUT2D eigenvalue weighted by Gasteiger charge is 2.24. The van der Waals surface area contributed by atoms with Gasteiger partial charge in [-0.1, -0.05) is 279 Å². The minimum atomic E-state index is 0.847. The zero-order chi connectivity index (χ0) is 80.3. The van der Waals surface area contributed by atoms with E-state index < -0.39 is 0 Å². The van der Waals surface area contributed by atoms with Gasteiger partial charge in [-0.05, 0) is 263 Å². The Morgan fingerprint density at radius 1 is 0.180 bits per heavy atom. The number of para-hydroxylation sites is 4. The van der Waals surface area contributed by atoms with Crippen LogP contribution in [0.2, 0.25) is 0 Å². The lowest BCUT2D eigenvalue weighted by molar-refractivity contribution is 0.669. The fraction of sp³-hybridized carbons (Fsp3) is 0. The molecule has 0 saturated heterocycles. The van der Waals surface area contributed by atoms with Crippen LogP contribution in [0.25, 0.3) is 197 Å². The number of furan rings is 1. The molecule has 0 atom stereocenters. The number of aromatic nitrogens is 2. The Morgan fingerprint density at radius 3 is 1.25 bits per heavy atom. The first-order valence-electron chi connectivity index (χ1n) is 41.7. The number of hydrogen-bond acceptors (Lipinski definition) is 4. The van der Waals surface area contributed by atoms with E-state index in [1.54, 1.807) is 0 Å². The first kappa shape index (κ1) is 70.4. The Bertz CT molecular complexity index is 8190. The lowest BCUT2D eigenvalue weighted by Gasteiger charge is -2.26. The molecule has 0 saturated carbocycles. The minimum absolute atomic E-state index is 0.847. The largest absolute Gasteiger partial charge is 0.456 e. The molecule has 0 amide bonds. The van der Waals surface area contributed by atoms with Gasteiger partial charge in [0.25, 0.3) is 0 Å². The lowest BCUT2D eigenvalue weighted by Crippen LogP contribution is -2.09. The molecule has 4 aromatic heterocycles. The van der Waals surface area contributed by atoms with Crippen LogP contribution in [-0.4, -0.2) is 9.13 Å². The summed E-state index contributed by atoms with van der Waals surface area (Å²) in [6.07, 6.45) is 0. The van der Waals surface area contributed by atoms with Gasteiger partial charge in [-0.15, -0.1) is 11.3 Å². The molecule has 4 heterocycles. The second kappa shape index (κ2) is 29.0. The molecule has 0 aliphatic rings. The number of fused-ring (bicyclic) bond motifs is 14. The number of rotatable bonds is 15. The van der Waals surface area contributed by atoms with E-state index in [1.807, 2.05) is 23.5 Å². The molecule has 5 nitrogen and oxygen atoms in total. The van der Waals surface area contributed by atoms with E-state index in [2.05, 4.69) is 456 Å². The van der Waals surface area contributed by atoms with Crippen LogP contribution < -0.4 is 9.80 Å². The monoisotopic (exact) mass is 1570 g/mol. The van der Waals surface area contributed by atoms with E-state index in [1.165, 1.54) is 102 Å². The SMILES string of the molecule is c1ccc(-c2cc(-c3ccc(N(c4ccc(-c5ccc6ccccc6c5)cc4)c4ccc5c(c4)oc4ccccc45)cc3)cc(-n3c4ccccc4c4cc(-c5cc(-c6ccc(N(c7ccc(-c8cc(-n9c%10ccccc%10c%10ccccc%109)ccc8-c8ccccc8)cc7)c7ccc8c(c7)sc7ccccc78)cc6)c6ccccc6c5)ccc43)c2)cc1. The van der Waals surface area contributed by atoms with Crippen molar-refractivity contribution in [1.82, 2.24) is 9.13 Å². The molecule has 570 valence electrons. The van der Waals surface area contributed by atoms with Gasteiger partial charge in [0.05, 0.1) is 22.1 Å². The van der Waals surface area contributed by atoms with Crippen molar-refractivity contribution in [2.24, 2.45) is 0 Å². The fourth-order valence-corrected chi connectivity index (χ4v) is 20.1. The summed E-state index contributed by atoms with van der Waals surface area (Å²) in [5.74, 6) is 0. The normalized spacial score (nSPS) is 11.8. The molecule has 0 bridgehead atoms. The standard InChI is InChI=1S/C116H74N4OS/c1-3-21-75(22-4-1)86-67-87(78-43-52-90(53-44-78)117(94-59-62-103-102-32-14-19-37-113(102)121-114(103)73-94)89-50-41-77(42-51-89)83-40-39-76-23-7-8-26-82(76)65-83)69-96(68-86)120-111-36-18-13-31-101(111)108-70-84(49-64-112(108)120)88-66-85-27-9-10-28-97(85)106(71-88)80-45-54-91(55-46-80)118(95-60-63-105-104-33-15-20-38-115(104)122-116(105)74-95)92-56-47-81(48-57-92)107-72-93(58-61-98(107)79-24-5-2-6-25-79)119-109-34-16-11-29-99(109)100-30-12-17-35-110(100)119/h1-74H.